The smallest absolute Gasteiger partial charge is 0.238 e. The number of phenols is 1. The van der Waals surface area contributed by atoms with Gasteiger partial charge in [-0.15, -0.1) is 0 Å². The maximum Gasteiger partial charge on any atom is 0.238 e. The Bertz CT molecular complexity index is 1590. The molecule has 1 N–H and O–H groups in total. The quantitative estimate of drug-likeness (QED) is 0.147. The Labute approximate surface area is 265 Å². The molecule has 0 unspecified atom stereocenters. The molecule has 0 radical (unpaired) electrons. The van der Waals surface area contributed by atoms with Gasteiger partial charge in [-0.05, 0) is 107 Å². The SMILES string of the molecule is CCCC1=C2[C@@H](CC/C(=C/c3cc(I)c(O)c(OC)c3)c3ccccn3)OC[C@@H]2[C@@H]2C(=O)N(c3ccccc3)C(=O)[C@@H]2C1. The van der Waals surface area contributed by atoms with E-state index in [-0.39, 0.29) is 41.4 Å². The normalized spacial score (nSPS) is 23.5. The predicted octanol–water partition coefficient (Wildman–Crippen LogP) is 7.04. The molecule has 43 heavy (non-hydrogen) atoms. The van der Waals surface area contributed by atoms with Gasteiger partial charge >= 0.3 is 0 Å². The second kappa shape index (κ2) is 12.6. The summed E-state index contributed by atoms with van der Waals surface area (Å²) in [6.45, 7) is 2.61. The van der Waals surface area contributed by atoms with Crippen LogP contribution in [-0.4, -0.2) is 41.7 Å². The van der Waals surface area contributed by atoms with E-state index in [1.807, 2.05) is 60.7 Å². The Morgan fingerprint density at radius 3 is 2.63 bits per heavy atom. The summed E-state index contributed by atoms with van der Waals surface area (Å²) in [5.41, 5.74) is 6.00. The van der Waals surface area contributed by atoms with Gasteiger partial charge in [0.05, 0.1) is 46.6 Å². The van der Waals surface area contributed by atoms with Gasteiger partial charge in [0.2, 0.25) is 11.8 Å². The maximum atomic E-state index is 13.8. The number of carbonyl (C=O) groups excluding carboxylic acids is 2. The number of ether oxygens (including phenoxy) is 2. The number of allylic oxidation sites excluding steroid dienone is 2. The van der Waals surface area contributed by atoms with Gasteiger partial charge in [-0.2, -0.15) is 0 Å². The molecule has 2 fully saturated rings. The van der Waals surface area contributed by atoms with Gasteiger partial charge in [-0.3, -0.25) is 19.5 Å². The summed E-state index contributed by atoms with van der Waals surface area (Å²) >= 11 is 2.11. The van der Waals surface area contributed by atoms with Crippen LogP contribution in [0.4, 0.5) is 5.69 Å². The number of imide groups is 1. The van der Waals surface area contributed by atoms with Crippen molar-refractivity contribution in [3.8, 4) is 11.5 Å². The second-order valence-corrected chi connectivity index (χ2v) is 12.6. The number of halogens is 1. The first-order valence-electron chi connectivity index (χ1n) is 14.9. The van der Waals surface area contributed by atoms with Crippen LogP contribution in [-0.2, 0) is 14.3 Å². The van der Waals surface area contributed by atoms with Crippen molar-refractivity contribution >= 4 is 51.7 Å². The van der Waals surface area contributed by atoms with Crippen LogP contribution < -0.4 is 9.64 Å². The van der Waals surface area contributed by atoms with Crippen molar-refractivity contribution in [3.63, 3.8) is 0 Å². The highest BCUT2D eigenvalue weighted by molar-refractivity contribution is 14.1. The number of methoxy groups -OCH3 is 1. The first-order chi connectivity index (χ1) is 20.9. The topological polar surface area (TPSA) is 89.0 Å². The van der Waals surface area contributed by atoms with E-state index in [0.717, 1.165) is 36.1 Å². The van der Waals surface area contributed by atoms with E-state index in [4.69, 9.17) is 9.47 Å². The Hall–Kier alpha value is -3.50. The average molecular weight is 691 g/mol. The van der Waals surface area contributed by atoms with Gasteiger partial charge in [0.1, 0.15) is 0 Å². The molecule has 2 saturated heterocycles. The summed E-state index contributed by atoms with van der Waals surface area (Å²) in [6, 6.07) is 18.9. The van der Waals surface area contributed by atoms with Crippen molar-refractivity contribution < 1.29 is 24.2 Å². The van der Waals surface area contributed by atoms with E-state index in [9.17, 15) is 14.7 Å². The van der Waals surface area contributed by atoms with Gasteiger partial charge in [0, 0.05) is 12.1 Å². The van der Waals surface area contributed by atoms with E-state index in [2.05, 4.69) is 40.6 Å². The van der Waals surface area contributed by atoms with Crippen LogP contribution in [0.1, 0.15) is 50.3 Å². The molecule has 7 nitrogen and oxygen atoms in total. The van der Waals surface area contributed by atoms with Crippen LogP contribution >= 0.6 is 22.6 Å². The third-order valence-corrected chi connectivity index (χ3v) is 9.68. The second-order valence-electron chi connectivity index (χ2n) is 11.4. The summed E-state index contributed by atoms with van der Waals surface area (Å²) < 4.78 is 12.6. The number of fused-ring (bicyclic) bond motifs is 3. The monoisotopic (exact) mass is 690 g/mol. The van der Waals surface area contributed by atoms with Gasteiger partial charge in [0.25, 0.3) is 0 Å². The third kappa shape index (κ3) is 5.62. The van der Waals surface area contributed by atoms with Gasteiger partial charge in [-0.25, -0.2) is 0 Å². The lowest BCUT2D eigenvalue weighted by atomic mass is 9.68. The highest BCUT2D eigenvalue weighted by Crippen LogP contribution is 2.51. The minimum atomic E-state index is -0.384. The van der Waals surface area contributed by atoms with Crippen molar-refractivity contribution in [2.75, 3.05) is 18.6 Å². The zero-order chi connectivity index (χ0) is 30.1. The third-order valence-electron chi connectivity index (χ3n) is 8.86. The zero-order valence-corrected chi connectivity index (χ0v) is 26.5. The fraction of sp³-hybridized carbons (Fsp3) is 0.343. The molecule has 3 aliphatic rings. The molecule has 1 aliphatic carbocycles. The largest absolute Gasteiger partial charge is 0.504 e. The van der Waals surface area contributed by atoms with Gasteiger partial charge < -0.3 is 14.6 Å². The highest BCUT2D eigenvalue weighted by Gasteiger charge is 2.57. The van der Waals surface area contributed by atoms with Crippen LogP contribution in [0.3, 0.4) is 0 Å². The van der Waals surface area contributed by atoms with Crippen molar-refractivity contribution in [1.29, 1.82) is 0 Å². The number of para-hydroxylation sites is 1. The lowest BCUT2D eigenvalue weighted by Crippen LogP contribution is -2.34. The minimum Gasteiger partial charge on any atom is -0.504 e. The molecule has 0 spiro atoms. The van der Waals surface area contributed by atoms with Crippen molar-refractivity contribution in [2.24, 2.45) is 17.8 Å². The average Bonchev–Trinajstić information content (AvgIpc) is 3.56. The van der Waals surface area contributed by atoms with E-state index < -0.39 is 0 Å². The fourth-order valence-corrected chi connectivity index (χ4v) is 7.62. The Kier molecular flexibility index (Phi) is 8.68. The first kappa shape index (κ1) is 29.6. The van der Waals surface area contributed by atoms with E-state index in [1.54, 1.807) is 13.3 Å². The first-order valence-corrected chi connectivity index (χ1v) is 15.9. The van der Waals surface area contributed by atoms with Crippen molar-refractivity contribution in [3.05, 3.63) is 92.8 Å². The summed E-state index contributed by atoms with van der Waals surface area (Å²) in [5.74, 6) is -0.438. The molecular formula is C35H35IN2O5. The summed E-state index contributed by atoms with van der Waals surface area (Å²) in [7, 11) is 1.55. The molecule has 2 aliphatic heterocycles. The Morgan fingerprint density at radius 2 is 1.91 bits per heavy atom. The van der Waals surface area contributed by atoms with Crippen molar-refractivity contribution in [2.45, 2.75) is 45.1 Å². The predicted molar refractivity (Wildman–Crippen MR) is 174 cm³/mol. The minimum absolute atomic E-state index is 0.0827. The number of anilines is 1. The number of carbonyl (C=O) groups is 2. The summed E-state index contributed by atoms with van der Waals surface area (Å²) in [4.78, 5) is 33.5. The van der Waals surface area contributed by atoms with Crippen LogP contribution in [0.25, 0.3) is 11.6 Å². The van der Waals surface area contributed by atoms with Gasteiger partial charge in [0.15, 0.2) is 11.5 Å². The number of pyridine rings is 1. The van der Waals surface area contributed by atoms with Crippen LogP contribution in [0, 0.1) is 21.3 Å². The fourth-order valence-electron chi connectivity index (χ4n) is 6.99. The molecule has 0 bridgehead atoms. The molecule has 3 aromatic rings. The van der Waals surface area contributed by atoms with Gasteiger partial charge in [-0.1, -0.05) is 43.2 Å². The number of nitrogens with zero attached hydrogens (tertiary/aromatic N) is 2. The number of hydrogen-bond acceptors (Lipinski definition) is 6. The Balaban J connectivity index is 1.29. The summed E-state index contributed by atoms with van der Waals surface area (Å²) in [5, 5.41) is 10.3. The highest BCUT2D eigenvalue weighted by atomic mass is 127. The standard InChI is InChI=1S/C35H35IN2O5/c1-3-9-23-19-25-32(35(41)38(34(25)40)24-10-5-4-6-11-24)26-20-43-29(31(23)26)14-13-22(28-12-7-8-15-37-28)16-21-17-27(36)33(39)30(18-21)42-2/h4-8,10-12,15-18,25-26,29,32,39H,3,9,13-14,19-20H2,1-2H3/b22-16-/t25-,26+,29-,32-/m1/s1. The molecule has 222 valence electrons. The molecule has 6 rings (SSSR count). The molecule has 4 atom stereocenters. The zero-order valence-electron chi connectivity index (χ0n) is 24.3. The van der Waals surface area contributed by atoms with Crippen molar-refractivity contribution in [1.82, 2.24) is 4.98 Å². The molecule has 3 heterocycles. The molecule has 2 amide bonds. The molecular weight excluding hydrogens is 655 g/mol. The van der Waals surface area contributed by atoms with E-state index in [0.29, 0.717) is 34.5 Å². The van der Waals surface area contributed by atoms with E-state index in [1.165, 1.54) is 16.0 Å². The lowest BCUT2D eigenvalue weighted by Gasteiger charge is -2.32. The number of aromatic hydroxyl groups is 1. The van der Waals surface area contributed by atoms with E-state index >= 15 is 0 Å². The number of aromatic nitrogens is 1. The number of benzene rings is 2. The number of phenolic OH excluding ortho intramolecular Hbond substituents is 1. The number of rotatable bonds is 9. The summed E-state index contributed by atoms with van der Waals surface area (Å²) in [6.07, 6.45) is 7.68. The molecule has 1 aromatic heterocycles. The van der Waals surface area contributed by atoms with Crippen LogP contribution in [0.2, 0.25) is 0 Å². The number of hydrogen-bond donors (Lipinski definition) is 1. The molecule has 0 saturated carbocycles. The number of amides is 2. The van der Waals surface area contributed by atoms with Crippen LogP contribution in [0.15, 0.2) is 78.0 Å². The molecule has 8 heteroatoms. The maximum absolute atomic E-state index is 13.8. The lowest BCUT2D eigenvalue weighted by molar-refractivity contribution is -0.122. The Morgan fingerprint density at radius 1 is 1.12 bits per heavy atom. The molecule has 2 aromatic carbocycles. The van der Waals surface area contributed by atoms with Crippen LogP contribution in [0.5, 0.6) is 11.5 Å².